The minimum Gasteiger partial charge on any atom is -0.381 e. The summed E-state index contributed by atoms with van der Waals surface area (Å²) in [4.78, 5) is 8.96. The first-order valence-corrected chi connectivity index (χ1v) is 7.64. The Bertz CT molecular complexity index is 431. The Morgan fingerprint density at radius 1 is 1.37 bits per heavy atom. The van der Waals surface area contributed by atoms with E-state index in [2.05, 4.69) is 52.0 Å². The lowest BCUT2D eigenvalue weighted by Crippen LogP contribution is -2.33. The summed E-state index contributed by atoms with van der Waals surface area (Å²) < 4.78 is 6.26. The molecule has 1 fully saturated rings. The van der Waals surface area contributed by atoms with E-state index in [0.717, 1.165) is 48.8 Å². The number of rotatable bonds is 4. The molecule has 5 heteroatoms. The largest absolute Gasteiger partial charge is 0.381 e. The molecule has 1 aliphatic heterocycles. The summed E-state index contributed by atoms with van der Waals surface area (Å²) in [6, 6.07) is 1.94. The SMILES string of the molecule is CC(C)c1nc(Br)cc(NCC2(C)CCOCC2)n1. The van der Waals surface area contributed by atoms with Crippen LogP contribution in [0.25, 0.3) is 0 Å². The van der Waals surface area contributed by atoms with Crippen molar-refractivity contribution in [2.45, 2.75) is 39.5 Å². The van der Waals surface area contributed by atoms with Gasteiger partial charge in [0.1, 0.15) is 16.2 Å². The van der Waals surface area contributed by atoms with E-state index >= 15 is 0 Å². The smallest absolute Gasteiger partial charge is 0.134 e. The molecule has 1 aliphatic rings. The zero-order valence-electron chi connectivity index (χ0n) is 11.9. The maximum absolute atomic E-state index is 5.43. The van der Waals surface area contributed by atoms with Gasteiger partial charge in [-0.2, -0.15) is 0 Å². The standard InChI is InChI=1S/C14H22BrN3O/c1-10(2)13-17-11(15)8-12(18-13)16-9-14(3)4-6-19-7-5-14/h8,10H,4-7,9H2,1-3H3,(H,16,17,18). The third-order valence-corrected chi connectivity index (χ3v) is 4.03. The molecule has 0 aliphatic carbocycles. The van der Waals surface area contributed by atoms with Crippen LogP contribution in [0.4, 0.5) is 5.82 Å². The van der Waals surface area contributed by atoms with Crippen LogP contribution in [-0.4, -0.2) is 29.7 Å². The molecule has 19 heavy (non-hydrogen) atoms. The van der Waals surface area contributed by atoms with E-state index in [1.54, 1.807) is 0 Å². The second-order valence-corrected chi connectivity index (χ2v) is 6.68. The van der Waals surface area contributed by atoms with Crippen LogP contribution in [0.3, 0.4) is 0 Å². The quantitative estimate of drug-likeness (QED) is 0.858. The van der Waals surface area contributed by atoms with Gasteiger partial charge in [0.05, 0.1) is 0 Å². The fourth-order valence-corrected chi connectivity index (χ4v) is 2.53. The molecule has 2 heterocycles. The van der Waals surface area contributed by atoms with E-state index < -0.39 is 0 Å². The Morgan fingerprint density at radius 2 is 2.05 bits per heavy atom. The first kappa shape index (κ1) is 14.7. The van der Waals surface area contributed by atoms with Gasteiger partial charge in [-0.1, -0.05) is 20.8 Å². The molecule has 1 saturated heterocycles. The number of hydrogen-bond donors (Lipinski definition) is 1. The van der Waals surface area contributed by atoms with Crippen LogP contribution in [-0.2, 0) is 4.74 Å². The predicted molar refractivity (Wildman–Crippen MR) is 80.5 cm³/mol. The highest BCUT2D eigenvalue weighted by Crippen LogP contribution is 2.30. The van der Waals surface area contributed by atoms with Gasteiger partial charge in [-0.25, -0.2) is 9.97 Å². The Hall–Kier alpha value is -0.680. The molecule has 1 aromatic heterocycles. The van der Waals surface area contributed by atoms with Crippen molar-refractivity contribution in [2.75, 3.05) is 25.1 Å². The third-order valence-electron chi connectivity index (χ3n) is 3.62. The molecule has 1 N–H and O–H groups in total. The first-order valence-electron chi connectivity index (χ1n) is 6.85. The van der Waals surface area contributed by atoms with E-state index in [0.29, 0.717) is 11.3 Å². The van der Waals surface area contributed by atoms with Crippen molar-refractivity contribution in [1.82, 2.24) is 9.97 Å². The molecule has 0 radical (unpaired) electrons. The van der Waals surface area contributed by atoms with E-state index in [1.165, 1.54) is 0 Å². The molecule has 0 spiro atoms. The summed E-state index contributed by atoms with van der Waals surface area (Å²) in [5, 5.41) is 3.45. The molecule has 0 bridgehead atoms. The predicted octanol–water partition coefficient (Wildman–Crippen LogP) is 3.59. The van der Waals surface area contributed by atoms with Gasteiger partial charge in [-0.3, -0.25) is 0 Å². The molecule has 0 unspecified atom stereocenters. The molecule has 0 saturated carbocycles. The van der Waals surface area contributed by atoms with Crippen LogP contribution in [0.15, 0.2) is 10.7 Å². The lowest BCUT2D eigenvalue weighted by atomic mass is 9.82. The van der Waals surface area contributed by atoms with E-state index in [9.17, 15) is 0 Å². The number of nitrogens with one attached hydrogen (secondary N) is 1. The molecule has 0 aromatic carbocycles. The van der Waals surface area contributed by atoms with Crippen molar-refractivity contribution in [2.24, 2.45) is 5.41 Å². The van der Waals surface area contributed by atoms with Crippen LogP contribution >= 0.6 is 15.9 Å². The second-order valence-electron chi connectivity index (χ2n) is 5.87. The van der Waals surface area contributed by atoms with E-state index in [-0.39, 0.29) is 0 Å². The van der Waals surface area contributed by atoms with E-state index in [4.69, 9.17) is 4.74 Å². The van der Waals surface area contributed by atoms with Crippen molar-refractivity contribution in [3.8, 4) is 0 Å². The summed E-state index contributed by atoms with van der Waals surface area (Å²) in [7, 11) is 0. The molecular weight excluding hydrogens is 306 g/mol. The topological polar surface area (TPSA) is 47.0 Å². The lowest BCUT2D eigenvalue weighted by Gasteiger charge is -2.33. The Kier molecular flexibility index (Phi) is 4.79. The zero-order valence-corrected chi connectivity index (χ0v) is 13.5. The van der Waals surface area contributed by atoms with Gasteiger partial charge in [-0.05, 0) is 34.2 Å². The highest BCUT2D eigenvalue weighted by Gasteiger charge is 2.27. The molecular formula is C14H22BrN3O. The van der Waals surface area contributed by atoms with Crippen molar-refractivity contribution < 1.29 is 4.74 Å². The summed E-state index contributed by atoms with van der Waals surface area (Å²) >= 11 is 3.45. The minimum atomic E-state index is 0.299. The van der Waals surface area contributed by atoms with Crippen LogP contribution in [0.2, 0.25) is 0 Å². The summed E-state index contributed by atoms with van der Waals surface area (Å²) in [6.45, 7) is 9.17. The van der Waals surface area contributed by atoms with Crippen molar-refractivity contribution in [3.63, 3.8) is 0 Å². The molecule has 2 rings (SSSR count). The molecule has 1 aromatic rings. The van der Waals surface area contributed by atoms with E-state index in [1.807, 2.05) is 6.07 Å². The molecule has 0 amide bonds. The van der Waals surface area contributed by atoms with Gasteiger partial charge < -0.3 is 10.1 Å². The maximum Gasteiger partial charge on any atom is 0.134 e. The Labute approximate surface area is 123 Å². The Morgan fingerprint density at radius 3 is 2.68 bits per heavy atom. The Balaban J connectivity index is 2.02. The number of anilines is 1. The first-order chi connectivity index (χ1) is 8.98. The van der Waals surface area contributed by atoms with Crippen LogP contribution in [0, 0.1) is 5.41 Å². The number of halogens is 1. The number of aromatic nitrogens is 2. The molecule has 106 valence electrons. The van der Waals surface area contributed by atoms with Gasteiger partial charge >= 0.3 is 0 Å². The fraction of sp³-hybridized carbons (Fsp3) is 0.714. The fourth-order valence-electron chi connectivity index (χ4n) is 2.13. The average Bonchev–Trinajstić information content (AvgIpc) is 2.37. The van der Waals surface area contributed by atoms with Gasteiger partial charge in [0.25, 0.3) is 0 Å². The van der Waals surface area contributed by atoms with Crippen LogP contribution in [0.1, 0.15) is 45.4 Å². The van der Waals surface area contributed by atoms with Gasteiger partial charge in [0.2, 0.25) is 0 Å². The lowest BCUT2D eigenvalue weighted by molar-refractivity contribution is 0.0299. The summed E-state index contributed by atoms with van der Waals surface area (Å²) in [6.07, 6.45) is 2.20. The van der Waals surface area contributed by atoms with Gasteiger partial charge in [0.15, 0.2) is 0 Å². The maximum atomic E-state index is 5.43. The monoisotopic (exact) mass is 327 g/mol. The zero-order chi connectivity index (χ0) is 13.9. The highest BCUT2D eigenvalue weighted by atomic mass is 79.9. The van der Waals surface area contributed by atoms with Crippen LogP contribution in [0.5, 0.6) is 0 Å². The van der Waals surface area contributed by atoms with Crippen molar-refractivity contribution >= 4 is 21.7 Å². The third kappa shape index (κ3) is 4.14. The van der Waals surface area contributed by atoms with Crippen molar-refractivity contribution in [1.29, 1.82) is 0 Å². The highest BCUT2D eigenvalue weighted by molar-refractivity contribution is 9.10. The average molecular weight is 328 g/mol. The number of hydrogen-bond acceptors (Lipinski definition) is 4. The van der Waals surface area contributed by atoms with Gasteiger partial charge in [0, 0.05) is 31.7 Å². The second kappa shape index (κ2) is 6.18. The van der Waals surface area contributed by atoms with Crippen LogP contribution < -0.4 is 5.32 Å². The van der Waals surface area contributed by atoms with Gasteiger partial charge in [-0.15, -0.1) is 0 Å². The summed E-state index contributed by atoms with van der Waals surface area (Å²) in [5.41, 5.74) is 0.299. The van der Waals surface area contributed by atoms with Crippen molar-refractivity contribution in [3.05, 3.63) is 16.5 Å². The molecule has 0 atom stereocenters. The number of nitrogens with zero attached hydrogens (tertiary/aromatic N) is 2. The number of ether oxygens (including phenoxy) is 1. The molecule has 4 nitrogen and oxygen atoms in total. The summed E-state index contributed by atoms with van der Waals surface area (Å²) in [5.74, 6) is 2.10. The normalized spacial score (nSPS) is 18.6. The minimum absolute atomic E-state index is 0.299.